The number of hydrogen-bond donors (Lipinski definition) is 2. The van der Waals surface area contributed by atoms with Crippen LogP contribution >= 0.6 is 0 Å². The summed E-state index contributed by atoms with van der Waals surface area (Å²) in [6, 6.07) is -1.82. The molecule has 7 heteroatoms. The van der Waals surface area contributed by atoms with Crippen LogP contribution in [-0.4, -0.2) is 49.3 Å². The second-order valence-corrected chi connectivity index (χ2v) is 4.55. The Labute approximate surface area is 112 Å². The highest BCUT2D eigenvalue weighted by atomic mass is 16.5. The number of aliphatic carboxylic acids is 1. The van der Waals surface area contributed by atoms with Crippen LogP contribution in [0.2, 0.25) is 0 Å². The van der Waals surface area contributed by atoms with E-state index in [0.717, 1.165) is 7.11 Å². The van der Waals surface area contributed by atoms with Gasteiger partial charge in [0.25, 0.3) is 0 Å². The van der Waals surface area contributed by atoms with Gasteiger partial charge in [0.1, 0.15) is 12.1 Å². The van der Waals surface area contributed by atoms with E-state index in [9.17, 15) is 14.4 Å². The third kappa shape index (κ3) is 6.76. The molecule has 19 heavy (non-hydrogen) atoms. The van der Waals surface area contributed by atoms with E-state index in [0.29, 0.717) is 6.42 Å². The molecule has 0 aliphatic carbocycles. The predicted octanol–water partition coefficient (Wildman–Crippen LogP) is 0.180. The van der Waals surface area contributed by atoms with Crippen LogP contribution < -0.4 is 5.32 Å². The van der Waals surface area contributed by atoms with Crippen LogP contribution in [0.4, 0.5) is 0 Å². The van der Waals surface area contributed by atoms with Gasteiger partial charge in [-0.05, 0) is 12.3 Å². The van der Waals surface area contributed by atoms with E-state index in [1.807, 2.05) is 13.8 Å². The van der Waals surface area contributed by atoms with E-state index >= 15 is 0 Å². The van der Waals surface area contributed by atoms with Crippen molar-refractivity contribution < 1.29 is 29.0 Å². The first-order chi connectivity index (χ1) is 8.81. The Morgan fingerprint density at radius 1 is 1.05 bits per heavy atom. The van der Waals surface area contributed by atoms with Crippen molar-refractivity contribution in [2.75, 3.05) is 14.2 Å². The Hall–Kier alpha value is -1.63. The molecule has 0 aliphatic rings. The molecule has 0 aromatic carbocycles. The first-order valence-electron chi connectivity index (χ1n) is 5.95. The number of methoxy groups -OCH3 is 2. The minimum absolute atomic E-state index is 0.180. The van der Waals surface area contributed by atoms with Crippen LogP contribution in [0.15, 0.2) is 0 Å². The van der Waals surface area contributed by atoms with Crippen molar-refractivity contribution in [2.24, 2.45) is 5.92 Å². The van der Waals surface area contributed by atoms with Gasteiger partial charge in [-0.25, -0.2) is 0 Å². The Kier molecular flexibility index (Phi) is 7.74. The van der Waals surface area contributed by atoms with Gasteiger partial charge in [-0.3, -0.25) is 19.7 Å². The minimum atomic E-state index is -1.16. The molecule has 2 atom stereocenters. The number of ether oxygens (including phenoxy) is 2. The summed E-state index contributed by atoms with van der Waals surface area (Å²) in [7, 11) is 2.40. The molecular weight excluding hydrogens is 254 g/mol. The number of carbonyl (C=O) groups is 3. The van der Waals surface area contributed by atoms with Gasteiger partial charge in [0.2, 0.25) is 0 Å². The smallest absolute Gasteiger partial charge is 0.323 e. The van der Waals surface area contributed by atoms with E-state index in [-0.39, 0.29) is 5.92 Å². The zero-order valence-corrected chi connectivity index (χ0v) is 11.6. The lowest BCUT2D eigenvalue weighted by molar-refractivity contribution is -0.150. The maximum Gasteiger partial charge on any atom is 0.323 e. The Bertz CT molecular complexity index is 328. The van der Waals surface area contributed by atoms with Crippen molar-refractivity contribution >= 4 is 17.9 Å². The monoisotopic (exact) mass is 275 g/mol. The highest BCUT2D eigenvalue weighted by molar-refractivity contribution is 5.83. The van der Waals surface area contributed by atoms with E-state index in [1.54, 1.807) is 0 Å². The third-order valence-electron chi connectivity index (χ3n) is 2.46. The van der Waals surface area contributed by atoms with Gasteiger partial charge in [-0.15, -0.1) is 0 Å². The molecule has 0 fully saturated rings. The zero-order valence-electron chi connectivity index (χ0n) is 11.6. The van der Waals surface area contributed by atoms with E-state index in [2.05, 4.69) is 14.8 Å². The second kappa shape index (κ2) is 8.47. The van der Waals surface area contributed by atoms with E-state index in [1.165, 1.54) is 7.11 Å². The molecule has 0 radical (unpaired) electrons. The van der Waals surface area contributed by atoms with Crippen LogP contribution in [-0.2, 0) is 23.9 Å². The van der Waals surface area contributed by atoms with Crippen molar-refractivity contribution in [3.63, 3.8) is 0 Å². The highest BCUT2D eigenvalue weighted by Crippen LogP contribution is 2.09. The summed E-state index contributed by atoms with van der Waals surface area (Å²) in [4.78, 5) is 33.8. The molecule has 0 saturated carbocycles. The first kappa shape index (κ1) is 17.4. The summed E-state index contributed by atoms with van der Waals surface area (Å²) in [5, 5.41) is 11.4. The number of rotatable bonds is 8. The highest BCUT2D eigenvalue weighted by Gasteiger charge is 2.29. The number of hydrogen-bond acceptors (Lipinski definition) is 6. The summed E-state index contributed by atoms with van der Waals surface area (Å²) in [6.07, 6.45) is -0.0297. The van der Waals surface area contributed by atoms with E-state index < -0.39 is 36.4 Å². The van der Waals surface area contributed by atoms with Crippen molar-refractivity contribution in [3.05, 3.63) is 0 Å². The van der Waals surface area contributed by atoms with Gasteiger partial charge < -0.3 is 14.6 Å². The summed E-state index contributed by atoms with van der Waals surface area (Å²) in [6.45, 7) is 3.81. The molecule has 7 nitrogen and oxygen atoms in total. The zero-order chi connectivity index (χ0) is 15.0. The lowest BCUT2D eigenvalue weighted by Gasteiger charge is -2.22. The van der Waals surface area contributed by atoms with Crippen LogP contribution in [0.3, 0.4) is 0 Å². The molecule has 2 N–H and O–H groups in total. The SMILES string of the molecule is COC(=O)C(CC(=O)O)NC(CC(C)C)C(=O)OC. The quantitative estimate of drug-likeness (QED) is 0.609. The number of nitrogens with one attached hydrogen (secondary N) is 1. The largest absolute Gasteiger partial charge is 0.481 e. The third-order valence-corrected chi connectivity index (χ3v) is 2.46. The Morgan fingerprint density at radius 3 is 1.89 bits per heavy atom. The Morgan fingerprint density at radius 2 is 1.53 bits per heavy atom. The van der Waals surface area contributed by atoms with Gasteiger partial charge in [0, 0.05) is 0 Å². The summed E-state index contributed by atoms with van der Waals surface area (Å²) < 4.78 is 9.15. The summed E-state index contributed by atoms with van der Waals surface area (Å²) in [5.41, 5.74) is 0. The molecule has 0 bridgehead atoms. The van der Waals surface area contributed by atoms with Crippen molar-refractivity contribution in [2.45, 2.75) is 38.8 Å². The van der Waals surface area contributed by atoms with Gasteiger partial charge in [-0.2, -0.15) is 0 Å². The lowest BCUT2D eigenvalue weighted by atomic mass is 10.0. The minimum Gasteiger partial charge on any atom is -0.481 e. The molecule has 110 valence electrons. The average molecular weight is 275 g/mol. The molecular formula is C12H21NO6. The lowest BCUT2D eigenvalue weighted by Crippen LogP contribution is -2.49. The summed E-state index contributed by atoms with van der Waals surface area (Å²) >= 11 is 0. The fourth-order valence-electron chi connectivity index (χ4n) is 1.62. The number of carbonyl (C=O) groups excluding carboxylic acids is 2. The molecule has 0 amide bonds. The summed E-state index contributed by atoms with van der Waals surface area (Å²) in [5.74, 6) is -2.23. The van der Waals surface area contributed by atoms with Crippen molar-refractivity contribution in [1.29, 1.82) is 0 Å². The number of esters is 2. The standard InChI is InChI=1S/C12H21NO6/c1-7(2)5-8(11(16)18-3)13-9(6-10(14)15)12(17)19-4/h7-9,13H,5-6H2,1-4H3,(H,14,15). The number of carboxylic acids is 1. The molecule has 0 aromatic rings. The fraction of sp³-hybridized carbons (Fsp3) is 0.750. The van der Waals surface area contributed by atoms with Crippen LogP contribution in [0.5, 0.6) is 0 Å². The molecule has 0 spiro atoms. The first-order valence-corrected chi connectivity index (χ1v) is 5.95. The fourth-order valence-corrected chi connectivity index (χ4v) is 1.62. The molecule has 2 unspecified atom stereocenters. The van der Waals surface area contributed by atoms with Gasteiger partial charge >= 0.3 is 17.9 Å². The topological polar surface area (TPSA) is 102 Å². The molecule has 0 aromatic heterocycles. The molecule has 0 aliphatic heterocycles. The molecule has 0 rings (SSSR count). The van der Waals surface area contributed by atoms with Gasteiger partial charge in [0.05, 0.1) is 20.6 Å². The van der Waals surface area contributed by atoms with Crippen LogP contribution in [0, 0.1) is 5.92 Å². The number of carboxylic acid groups (broad SMARTS) is 1. The van der Waals surface area contributed by atoms with Crippen LogP contribution in [0.25, 0.3) is 0 Å². The van der Waals surface area contributed by atoms with Crippen molar-refractivity contribution in [3.8, 4) is 0 Å². The normalized spacial score (nSPS) is 13.7. The van der Waals surface area contributed by atoms with E-state index in [4.69, 9.17) is 5.11 Å². The maximum absolute atomic E-state index is 11.6. The Balaban J connectivity index is 4.85. The molecule has 0 saturated heterocycles. The van der Waals surface area contributed by atoms with Gasteiger partial charge in [-0.1, -0.05) is 13.8 Å². The van der Waals surface area contributed by atoms with Crippen LogP contribution in [0.1, 0.15) is 26.7 Å². The van der Waals surface area contributed by atoms with Gasteiger partial charge in [0.15, 0.2) is 0 Å². The maximum atomic E-state index is 11.6. The average Bonchev–Trinajstić information content (AvgIpc) is 2.33. The predicted molar refractivity (Wildman–Crippen MR) is 66.5 cm³/mol. The second-order valence-electron chi connectivity index (χ2n) is 4.55. The van der Waals surface area contributed by atoms with Crippen molar-refractivity contribution in [1.82, 2.24) is 5.32 Å². The molecule has 0 heterocycles.